The molecule has 0 radical (unpaired) electrons. The molecule has 0 N–H and O–H groups in total. The van der Waals surface area contributed by atoms with Gasteiger partial charge in [-0.05, 0) is 55.2 Å². The van der Waals surface area contributed by atoms with E-state index in [0.29, 0.717) is 5.56 Å². The van der Waals surface area contributed by atoms with E-state index < -0.39 is 16.4 Å². The predicted molar refractivity (Wildman–Crippen MR) is 138 cm³/mol. The quantitative estimate of drug-likeness (QED) is 0.404. The fraction of sp³-hybridized carbons (Fsp3) is 0.290. The number of ketones is 1. The van der Waals surface area contributed by atoms with Crippen molar-refractivity contribution in [3.8, 4) is 0 Å². The molecule has 3 aromatic carbocycles. The van der Waals surface area contributed by atoms with Gasteiger partial charge in [-0.25, -0.2) is 0 Å². The number of hydrogen-bond donors (Lipinski definition) is 0. The van der Waals surface area contributed by atoms with Crippen molar-refractivity contribution in [2.24, 2.45) is 10.8 Å². The highest BCUT2D eigenvalue weighted by atomic mass is 16.2. The van der Waals surface area contributed by atoms with Crippen LogP contribution in [-0.2, 0) is 4.79 Å². The number of rotatable bonds is 4. The molecule has 2 atom stereocenters. The van der Waals surface area contributed by atoms with Crippen molar-refractivity contribution in [2.45, 2.75) is 46.1 Å². The van der Waals surface area contributed by atoms with E-state index in [2.05, 4.69) is 32.9 Å². The summed E-state index contributed by atoms with van der Waals surface area (Å²) < 4.78 is 0. The van der Waals surface area contributed by atoms with Crippen molar-refractivity contribution in [3.05, 3.63) is 108 Å². The summed E-state index contributed by atoms with van der Waals surface area (Å²) in [5.74, 6) is 0.101. The maximum absolute atomic E-state index is 14.3. The highest BCUT2D eigenvalue weighted by Crippen LogP contribution is 2.71. The first kappa shape index (κ1) is 22.3. The maximum Gasteiger partial charge on any atom is 0.259 e. The number of carbonyl (C=O) groups is 2. The molecule has 2 aliphatic rings. The van der Waals surface area contributed by atoms with E-state index in [1.54, 1.807) is 0 Å². The van der Waals surface area contributed by atoms with Gasteiger partial charge in [-0.1, -0.05) is 87.5 Å². The molecular formula is C31H31NO2. The van der Waals surface area contributed by atoms with Crippen LogP contribution in [0.3, 0.4) is 0 Å². The Labute approximate surface area is 202 Å². The number of nitrogens with zero attached hydrogens (tertiary/aromatic N) is 1. The maximum atomic E-state index is 14.3. The van der Waals surface area contributed by atoms with Crippen molar-refractivity contribution in [1.82, 2.24) is 0 Å². The number of para-hydroxylation sites is 1. The van der Waals surface area contributed by atoms with Gasteiger partial charge in [0.1, 0.15) is 0 Å². The molecule has 1 amide bonds. The number of benzene rings is 3. The number of fused-ring (bicyclic) bond motifs is 2. The predicted octanol–water partition coefficient (Wildman–Crippen LogP) is 6.95. The van der Waals surface area contributed by atoms with Gasteiger partial charge in [0.25, 0.3) is 5.91 Å². The monoisotopic (exact) mass is 449 g/mol. The first-order chi connectivity index (χ1) is 16.3. The molecule has 34 heavy (non-hydrogen) atoms. The second-order valence-corrected chi connectivity index (χ2v) is 10.4. The molecule has 0 aromatic heterocycles. The van der Waals surface area contributed by atoms with Gasteiger partial charge < -0.3 is 0 Å². The fourth-order valence-electron chi connectivity index (χ4n) is 6.42. The van der Waals surface area contributed by atoms with Crippen LogP contribution in [0.25, 0.3) is 5.57 Å². The smallest absolute Gasteiger partial charge is 0.259 e. The molecule has 0 heterocycles. The summed E-state index contributed by atoms with van der Waals surface area (Å²) in [6.07, 6.45) is 1.50. The lowest BCUT2D eigenvalue weighted by Gasteiger charge is -2.48. The minimum Gasteiger partial charge on any atom is -0.297 e. The van der Waals surface area contributed by atoms with E-state index >= 15 is 0 Å². The summed E-state index contributed by atoms with van der Waals surface area (Å²) in [5, 5.41) is 0. The molecule has 2 saturated carbocycles. The van der Waals surface area contributed by atoms with Crippen molar-refractivity contribution >= 4 is 23.0 Å². The molecule has 172 valence electrons. The van der Waals surface area contributed by atoms with Gasteiger partial charge in [-0.2, -0.15) is 0 Å². The summed E-state index contributed by atoms with van der Waals surface area (Å²) in [6.45, 7) is 8.49. The first-order valence-corrected chi connectivity index (χ1v) is 12.0. The summed E-state index contributed by atoms with van der Waals surface area (Å²) in [6, 6.07) is 29.4. The number of allylic oxidation sites excluding steroid dienone is 1. The van der Waals surface area contributed by atoms with Gasteiger partial charge >= 0.3 is 0 Å². The van der Waals surface area contributed by atoms with Crippen molar-refractivity contribution in [3.63, 3.8) is 0 Å². The van der Waals surface area contributed by atoms with Crippen LogP contribution in [0.4, 0.5) is 5.69 Å². The van der Waals surface area contributed by atoms with Crippen LogP contribution in [0.5, 0.6) is 0 Å². The highest BCUT2D eigenvalue weighted by molar-refractivity contribution is 6.17. The molecular weight excluding hydrogens is 418 g/mol. The molecule has 0 saturated heterocycles. The minimum atomic E-state index is -0.757. The van der Waals surface area contributed by atoms with E-state index in [9.17, 15) is 9.59 Å². The normalized spacial score (nSPS) is 26.4. The molecule has 2 aliphatic carbocycles. The number of Topliss-reactive ketones (excluding diaryl/α,β-unsaturated/α-hetero) is 1. The summed E-state index contributed by atoms with van der Waals surface area (Å²) in [7, 11) is 0. The summed E-state index contributed by atoms with van der Waals surface area (Å²) in [5.41, 5.74) is 2.47. The van der Waals surface area contributed by atoms with Gasteiger partial charge in [-0.3, -0.25) is 14.5 Å². The standard InChI is InChI=1S/C31H31NO2/c1-22(23-14-8-5-9-15-23)26-27(33)30(4)20-21-31(26,29(30,2)3)32(25-18-12-7-13-19-25)28(34)24-16-10-6-11-17-24/h5-19H,20-21H2,1-4H3. The summed E-state index contributed by atoms with van der Waals surface area (Å²) >= 11 is 0. The number of anilines is 1. The van der Waals surface area contributed by atoms with Crippen LogP contribution in [0, 0.1) is 10.8 Å². The number of amides is 1. The van der Waals surface area contributed by atoms with Crippen LogP contribution in [-0.4, -0.2) is 17.2 Å². The van der Waals surface area contributed by atoms with Crippen LogP contribution in [0.1, 0.15) is 56.5 Å². The molecule has 2 fully saturated rings. The van der Waals surface area contributed by atoms with E-state index in [1.165, 1.54) is 0 Å². The van der Waals surface area contributed by atoms with E-state index in [1.807, 2.05) is 90.7 Å². The first-order valence-electron chi connectivity index (χ1n) is 12.0. The van der Waals surface area contributed by atoms with E-state index in [-0.39, 0.29) is 11.7 Å². The second-order valence-electron chi connectivity index (χ2n) is 10.4. The number of hydrogen-bond acceptors (Lipinski definition) is 2. The molecule has 2 bridgehead atoms. The molecule has 5 rings (SSSR count). The molecule has 3 nitrogen and oxygen atoms in total. The Morgan fingerprint density at radius 3 is 1.79 bits per heavy atom. The lowest BCUT2D eigenvalue weighted by atomic mass is 9.67. The topological polar surface area (TPSA) is 37.4 Å². The average molecular weight is 450 g/mol. The third kappa shape index (κ3) is 2.82. The zero-order valence-electron chi connectivity index (χ0n) is 20.3. The lowest BCUT2D eigenvalue weighted by Crippen LogP contribution is -2.58. The van der Waals surface area contributed by atoms with Crippen LogP contribution in [0.2, 0.25) is 0 Å². The Morgan fingerprint density at radius 1 is 0.735 bits per heavy atom. The summed E-state index contributed by atoms with van der Waals surface area (Å²) in [4.78, 5) is 30.5. The molecule has 0 aliphatic heterocycles. The Morgan fingerprint density at radius 2 is 1.24 bits per heavy atom. The minimum absolute atomic E-state index is 0.0720. The van der Waals surface area contributed by atoms with Crippen LogP contribution in [0.15, 0.2) is 96.6 Å². The zero-order chi connectivity index (χ0) is 24.1. The van der Waals surface area contributed by atoms with Crippen molar-refractivity contribution in [1.29, 1.82) is 0 Å². The zero-order valence-corrected chi connectivity index (χ0v) is 20.3. The lowest BCUT2D eigenvalue weighted by molar-refractivity contribution is -0.125. The molecule has 0 spiro atoms. The van der Waals surface area contributed by atoms with E-state index in [0.717, 1.165) is 35.2 Å². The van der Waals surface area contributed by atoms with Gasteiger partial charge in [0.15, 0.2) is 5.78 Å². The fourth-order valence-corrected chi connectivity index (χ4v) is 6.42. The highest BCUT2D eigenvalue weighted by Gasteiger charge is 2.75. The molecule has 3 heteroatoms. The SMILES string of the molecule is CC(=C1C(=O)C2(C)CCC1(N(C(=O)c1ccccc1)c1ccccc1)C2(C)C)c1ccccc1. The van der Waals surface area contributed by atoms with Gasteiger partial charge in [0.05, 0.1) is 5.54 Å². The average Bonchev–Trinajstić information content (AvgIpc) is 3.14. The molecule has 2 unspecified atom stereocenters. The van der Waals surface area contributed by atoms with Crippen molar-refractivity contribution in [2.75, 3.05) is 4.90 Å². The Bertz CT molecular complexity index is 1280. The Hall–Kier alpha value is -3.46. The second kappa shape index (κ2) is 7.80. The van der Waals surface area contributed by atoms with Gasteiger partial charge in [0, 0.05) is 27.7 Å². The van der Waals surface area contributed by atoms with Crippen LogP contribution < -0.4 is 4.90 Å². The Kier molecular flexibility index (Phi) is 5.12. The van der Waals surface area contributed by atoms with Crippen molar-refractivity contribution < 1.29 is 9.59 Å². The molecule has 3 aromatic rings. The Balaban J connectivity index is 1.84. The third-order valence-electron chi connectivity index (χ3n) is 8.74. The van der Waals surface area contributed by atoms with Crippen LogP contribution >= 0.6 is 0 Å². The third-order valence-corrected chi connectivity index (χ3v) is 8.74. The van der Waals surface area contributed by atoms with Gasteiger partial charge in [0.2, 0.25) is 0 Å². The largest absolute Gasteiger partial charge is 0.297 e. The van der Waals surface area contributed by atoms with Gasteiger partial charge in [-0.15, -0.1) is 0 Å². The number of carbonyl (C=O) groups excluding carboxylic acids is 2. The van der Waals surface area contributed by atoms with E-state index in [4.69, 9.17) is 0 Å².